The summed E-state index contributed by atoms with van der Waals surface area (Å²) in [5.41, 5.74) is 1.16. The Morgan fingerprint density at radius 1 is 0.963 bits per heavy atom. The number of hydrogen-bond donors (Lipinski definition) is 0. The van der Waals surface area contributed by atoms with Crippen LogP contribution in [0.4, 0.5) is 0 Å². The van der Waals surface area contributed by atoms with E-state index in [9.17, 15) is 0 Å². The number of hydrogen-bond acceptors (Lipinski definition) is 3. The van der Waals surface area contributed by atoms with E-state index in [1.807, 2.05) is 12.1 Å². The highest BCUT2D eigenvalue weighted by molar-refractivity contribution is 6.75. The van der Waals surface area contributed by atoms with E-state index < -0.39 is 16.6 Å². The fourth-order valence-corrected chi connectivity index (χ4v) is 4.49. The molecule has 1 unspecified atom stereocenters. The molecule has 1 aromatic carbocycles. The lowest BCUT2D eigenvalue weighted by molar-refractivity contribution is 0.275. The molecule has 0 aliphatic carbocycles. The highest BCUT2D eigenvalue weighted by atomic mass is 28.4. The summed E-state index contributed by atoms with van der Waals surface area (Å²) in [6.07, 6.45) is 2.69. The maximum absolute atomic E-state index is 6.66. The standard InChI is InChI=1S/C22H38O3Si2/c1-12-17-13-16-14-18(24-26(8,9)21(2,3)4)15-19(20(16)23-17)25-27(10,11)22(5,6)7/h12,14-15,17H,1,13H2,2-11H3. The number of benzene rings is 1. The van der Waals surface area contributed by atoms with Crippen LogP contribution in [0.3, 0.4) is 0 Å². The zero-order chi connectivity index (χ0) is 20.8. The van der Waals surface area contributed by atoms with Crippen LogP contribution in [-0.4, -0.2) is 22.7 Å². The lowest BCUT2D eigenvalue weighted by Gasteiger charge is -2.38. The zero-order valence-electron chi connectivity index (χ0n) is 18.9. The first kappa shape index (κ1) is 22.1. The quantitative estimate of drug-likeness (QED) is 0.391. The molecule has 0 spiro atoms. The second-order valence-corrected chi connectivity index (χ2v) is 20.2. The molecule has 1 atom stereocenters. The summed E-state index contributed by atoms with van der Waals surface area (Å²) in [5.74, 6) is 2.60. The fraction of sp³-hybridized carbons (Fsp3) is 0.636. The van der Waals surface area contributed by atoms with Crippen molar-refractivity contribution in [2.24, 2.45) is 0 Å². The van der Waals surface area contributed by atoms with Crippen molar-refractivity contribution in [3.63, 3.8) is 0 Å². The summed E-state index contributed by atoms with van der Waals surface area (Å²) in [7, 11) is -3.92. The van der Waals surface area contributed by atoms with Crippen LogP contribution in [0.2, 0.25) is 36.3 Å². The van der Waals surface area contributed by atoms with E-state index in [2.05, 4.69) is 80.4 Å². The van der Waals surface area contributed by atoms with Crippen molar-refractivity contribution in [2.45, 2.75) is 90.3 Å². The van der Waals surface area contributed by atoms with Gasteiger partial charge in [0.25, 0.3) is 8.32 Å². The van der Waals surface area contributed by atoms with Crippen molar-refractivity contribution in [1.29, 1.82) is 0 Å². The van der Waals surface area contributed by atoms with E-state index in [1.54, 1.807) is 0 Å². The minimum absolute atomic E-state index is 0.00452. The molecule has 3 nitrogen and oxygen atoms in total. The summed E-state index contributed by atoms with van der Waals surface area (Å²) in [5, 5.41) is 0.263. The second kappa shape index (κ2) is 7.00. The summed E-state index contributed by atoms with van der Waals surface area (Å²) >= 11 is 0. The smallest absolute Gasteiger partial charge is 0.250 e. The van der Waals surface area contributed by atoms with Crippen LogP contribution in [0, 0.1) is 0 Å². The Labute approximate surface area is 168 Å². The lowest BCUT2D eigenvalue weighted by atomic mass is 10.1. The molecule has 0 saturated heterocycles. The normalized spacial score (nSPS) is 17.9. The molecule has 1 aliphatic rings. The van der Waals surface area contributed by atoms with E-state index in [1.165, 1.54) is 0 Å². The predicted molar refractivity (Wildman–Crippen MR) is 120 cm³/mol. The molecule has 5 heteroatoms. The summed E-state index contributed by atoms with van der Waals surface area (Å²) < 4.78 is 19.4. The molecule has 0 N–H and O–H groups in total. The first-order valence-electron chi connectivity index (χ1n) is 9.91. The molecule has 0 fully saturated rings. The van der Waals surface area contributed by atoms with Gasteiger partial charge in [-0.3, -0.25) is 0 Å². The molecule has 2 rings (SSSR count). The van der Waals surface area contributed by atoms with Crippen LogP contribution in [0.25, 0.3) is 0 Å². The van der Waals surface area contributed by atoms with E-state index in [4.69, 9.17) is 13.6 Å². The van der Waals surface area contributed by atoms with Gasteiger partial charge in [0, 0.05) is 18.1 Å². The van der Waals surface area contributed by atoms with Gasteiger partial charge in [-0.05, 0) is 42.3 Å². The SMILES string of the molecule is C=CC1Cc2cc(O[Si](C)(C)C(C)(C)C)cc(O[Si](C)(C)C(C)(C)C)c2O1. The molecule has 1 heterocycles. The van der Waals surface area contributed by atoms with Crippen molar-refractivity contribution in [2.75, 3.05) is 0 Å². The van der Waals surface area contributed by atoms with E-state index >= 15 is 0 Å². The van der Waals surface area contributed by atoms with Gasteiger partial charge in [0.2, 0.25) is 8.32 Å². The first-order chi connectivity index (χ1) is 12.1. The topological polar surface area (TPSA) is 27.7 Å². The third kappa shape index (κ3) is 4.62. The van der Waals surface area contributed by atoms with E-state index in [-0.39, 0.29) is 16.2 Å². The van der Waals surface area contributed by atoms with Crippen LogP contribution >= 0.6 is 0 Å². The van der Waals surface area contributed by atoms with E-state index in [0.717, 1.165) is 29.2 Å². The predicted octanol–water partition coefficient (Wildman–Crippen LogP) is 6.94. The Bertz CT molecular complexity index is 709. The largest absolute Gasteiger partial charge is 0.543 e. The molecular weight excluding hydrogens is 368 g/mol. The van der Waals surface area contributed by atoms with Gasteiger partial charge in [-0.2, -0.15) is 0 Å². The van der Waals surface area contributed by atoms with Gasteiger partial charge in [-0.1, -0.05) is 54.2 Å². The molecule has 0 bridgehead atoms. The van der Waals surface area contributed by atoms with Crippen molar-refractivity contribution >= 4 is 16.6 Å². The fourth-order valence-electron chi connectivity index (χ4n) is 2.47. The average Bonchev–Trinajstić information content (AvgIpc) is 2.87. The van der Waals surface area contributed by atoms with Crippen LogP contribution in [0.5, 0.6) is 17.2 Å². The average molecular weight is 407 g/mol. The highest BCUT2D eigenvalue weighted by Crippen LogP contribution is 2.47. The van der Waals surface area contributed by atoms with Gasteiger partial charge >= 0.3 is 0 Å². The maximum Gasteiger partial charge on any atom is 0.250 e. The Kier molecular flexibility index (Phi) is 5.72. The molecule has 1 aliphatic heterocycles. The molecule has 0 amide bonds. The molecule has 0 radical (unpaired) electrons. The summed E-state index contributed by atoms with van der Waals surface area (Å²) in [6, 6.07) is 4.18. The third-order valence-electron chi connectivity index (χ3n) is 6.41. The summed E-state index contributed by atoms with van der Waals surface area (Å²) in [6.45, 7) is 26.5. The maximum atomic E-state index is 6.66. The van der Waals surface area contributed by atoms with Gasteiger partial charge in [0.15, 0.2) is 11.5 Å². The Morgan fingerprint density at radius 3 is 1.96 bits per heavy atom. The van der Waals surface area contributed by atoms with Crippen LogP contribution in [-0.2, 0) is 6.42 Å². The Balaban J connectivity index is 2.47. The van der Waals surface area contributed by atoms with Crippen molar-refractivity contribution in [3.8, 4) is 17.2 Å². The van der Waals surface area contributed by atoms with Crippen LogP contribution < -0.4 is 13.6 Å². The zero-order valence-corrected chi connectivity index (χ0v) is 20.9. The number of fused-ring (bicyclic) bond motifs is 1. The van der Waals surface area contributed by atoms with Crippen LogP contribution in [0.1, 0.15) is 47.1 Å². The Hall–Kier alpha value is -1.21. The molecule has 152 valence electrons. The van der Waals surface area contributed by atoms with Gasteiger partial charge in [-0.25, -0.2) is 0 Å². The molecule has 27 heavy (non-hydrogen) atoms. The lowest BCUT2D eigenvalue weighted by Crippen LogP contribution is -2.44. The van der Waals surface area contributed by atoms with Crippen molar-refractivity contribution < 1.29 is 13.6 Å². The number of ether oxygens (including phenoxy) is 1. The highest BCUT2D eigenvalue weighted by Gasteiger charge is 2.42. The van der Waals surface area contributed by atoms with Crippen molar-refractivity contribution in [3.05, 3.63) is 30.4 Å². The number of rotatable bonds is 5. The molecule has 1 aromatic rings. The van der Waals surface area contributed by atoms with Crippen LogP contribution in [0.15, 0.2) is 24.8 Å². The van der Waals surface area contributed by atoms with Gasteiger partial charge < -0.3 is 13.6 Å². The first-order valence-corrected chi connectivity index (χ1v) is 15.7. The second-order valence-electron chi connectivity index (χ2n) is 10.7. The van der Waals surface area contributed by atoms with Gasteiger partial charge in [0.1, 0.15) is 11.9 Å². The molecule has 0 saturated carbocycles. The minimum atomic E-state index is -1.99. The minimum Gasteiger partial charge on any atom is -0.543 e. The molecular formula is C22H38O3Si2. The third-order valence-corrected chi connectivity index (χ3v) is 15.1. The van der Waals surface area contributed by atoms with E-state index in [0.29, 0.717) is 0 Å². The van der Waals surface area contributed by atoms with Gasteiger partial charge in [0.05, 0.1) is 0 Å². The van der Waals surface area contributed by atoms with Gasteiger partial charge in [-0.15, -0.1) is 0 Å². The Morgan fingerprint density at radius 2 is 1.48 bits per heavy atom. The molecule has 0 aromatic heterocycles. The summed E-state index contributed by atoms with van der Waals surface area (Å²) in [4.78, 5) is 0. The van der Waals surface area contributed by atoms with Crippen molar-refractivity contribution in [1.82, 2.24) is 0 Å². The monoisotopic (exact) mass is 406 g/mol.